The van der Waals surface area contributed by atoms with Crippen LogP contribution in [-0.4, -0.2) is 13.6 Å². The van der Waals surface area contributed by atoms with Gasteiger partial charge in [-0.2, -0.15) is 0 Å². The van der Waals surface area contributed by atoms with Crippen molar-refractivity contribution in [2.45, 2.75) is 54.4 Å². The second-order valence-corrected chi connectivity index (χ2v) is 2.78. The Morgan fingerprint density at radius 2 is 1.42 bits per heavy atom. The molecule has 0 heterocycles. The third-order valence-corrected chi connectivity index (χ3v) is 1.25. The van der Waals surface area contributed by atoms with Gasteiger partial charge in [0.1, 0.15) is 0 Å². The maximum atomic E-state index is 3.12. The first-order valence-corrected chi connectivity index (χ1v) is 5.37. The predicted octanol–water partition coefficient (Wildman–Crippen LogP) is 3.69. The summed E-state index contributed by atoms with van der Waals surface area (Å²) in [6.07, 6.45) is 2.53. The van der Waals surface area contributed by atoms with Gasteiger partial charge in [0.05, 0.1) is 0 Å². The van der Waals surface area contributed by atoms with Crippen LogP contribution in [0.15, 0.2) is 0 Å². The zero-order valence-electron chi connectivity index (χ0n) is 10.2. The third-order valence-electron chi connectivity index (χ3n) is 1.25. The molecule has 0 aliphatic heterocycles. The summed E-state index contributed by atoms with van der Waals surface area (Å²) in [5.41, 5.74) is 0. The molecule has 0 amide bonds. The van der Waals surface area contributed by atoms with Crippen molar-refractivity contribution in [3.8, 4) is 0 Å². The van der Waals surface area contributed by atoms with Crippen molar-refractivity contribution in [3.05, 3.63) is 0 Å². The number of hydrogen-bond acceptors (Lipinski definition) is 1. The molecule has 1 heteroatoms. The highest BCUT2D eigenvalue weighted by atomic mass is 14.8. The molecule has 0 saturated carbocycles. The van der Waals surface area contributed by atoms with Crippen molar-refractivity contribution in [2.75, 3.05) is 13.6 Å². The molecular formula is C11H29N. The van der Waals surface area contributed by atoms with Crippen molar-refractivity contribution in [1.82, 2.24) is 5.32 Å². The summed E-state index contributed by atoms with van der Waals surface area (Å²) < 4.78 is 0. The molecule has 78 valence electrons. The van der Waals surface area contributed by atoms with Crippen LogP contribution in [0.2, 0.25) is 0 Å². The van der Waals surface area contributed by atoms with Crippen molar-refractivity contribution < 1.29 is 0 Å². The molecule has 0 aromatic heterocycles. The Kier molecular flexibility index (Phi) is 33.5. The van der Waals surface area contributed by atoms with E-state index in [2.05, 4.69) is 33.0 Å². The molecule has 0 radical (unpaired) electrons. The number of hydrogen-bond donors (Lipinski definition) is 1. The van der Waals surface area contributed by atoms with Gasteiger partial charge in [-0.1, -0.05) is 54.4 Å². The van der Waals surface area contributed by atoms with Gasteiger partial charge in [-0.05, 0) is 19.5 Å². The van der Waals surface area contributed by atoms with Crippen LogP contribution >= 0.6 is 0 Å². The fourth-order valence-electron chi connectivity index (χ4n) is 0.493. The Morgan fingerprint density at radius 3 is 1.50 bits per heavy atom. The van der Waals surface area contributed by atoms with Crippen molar-refractivity contribution in [3.63, 3.8) is 0 Å². The molecule has 0 fully saturated rings. The number of rotatable bonds is 3. The molecule has 0 spiro atoms. The second kappa shape index (κ2) is 22.4. The maximum absolute atomic E-state index is 3.12. The van der Waals surface area contributed by atoms with Crippen molar-refractivity contribution >= 4 is 0 Å². The van der Waals surface area contributed by atoms with E-state index in [1.807, 2.05) is 20.9 Å². The molecule has 0 aromatic carbocycles. The van der Waals surface area contributed by atoms with E-state index in [1.54, 1.807) is 0 Å². The van der Waals surface area contributed by atoms with Gasteiger partial charge in [0, 0.05) is 0 Å². The first-order chi connectivity index (χ1) is 5.72. The van der Waals surface area contributed by atoms with E-state index in [4.69, 9.17) is 0 Å². The van der Waals surface area contributed by atoms with Gasteiger partial charge < -0.3 is 5.32 Å². The Labute approximate surface area is 80.0 Å². The van der Waals surface area contributed by atoms with Crippen LogP contribution < -0.4 is 5.32 Å². The molecule has 12 heavy (non-hydrogen) atoms. The monoisotopic (exact) mass is 175 g/mol. The molecule has 0 aromatic rings. The molecule has 0 aliphatic rings. The van der Waals surface area contributed by atoms with Crippen LogP contribution in [-0.2, 0) is 0 Å². The van der Waals surface area contributed by atoms with Crippen molar-refractivity contribution in [2.24, 2.45) is 5.92 Å². The Bertz CT molecular complexity index is 44.3. The van der Waals surface area contributed by atoms with Crippen LogP contribution in [0.1, 0.15) is 54.4 Å². The highest BCUT2D eigenvalue weighted by molar-refractivity contribution is 4.49. The largest absolute Gasteiger partial charge is 0.319 e. The van der Waals surface area contributed by atoms with E-state index in [9.17, 15) is 0 Å². The molecule has 0 aliphatic carbocycles. The Balaban J connectivity index is -0.000000137. The lowest BCUT2D eigenvalue weighted by Gasteiger charge is -2.04. The summed E-state index contributed by atoms with van der Waals surface area (Å²) >= 11 is 0. The minimum absolute atomic E-state index is 0.838. The highest BCUT2D eigenvalue weighted by Crippen LogP contribution is 1.95. The molecule has 0 bridgehead atoms. The fraction of sp³-hybridized carbons (Fsp3) is 1.00. The summed E-state index contributed by atoms with van der Waals surface area (Å²) in [7, 11) is 1.99. The van der Waals surface area contributed by atoms with Gasteiger partial charge in [-0.25, -0.2) is 0 Å². The zero-order chi connectivity index (χ0) is 10.4. The maximum Gasteiger partial charge on any atom is -0.00263 e. The average molecular weight is 175 g/mol. The molecular weight excluding hydrogens is 146 g/mol. The lowest BCUT2D eigenvalue weighted by atomic mass is 10.1. The van der Waals surface area contributed by atoms with E-state index < -0.39 is 0 Å². The van der Waals surface area contributed by atoms with E-state index in [0.29, 0.717) is 0 Å². The normalized spacial score (nSPS) is 10.2. The lowest BCUT2D eigenvalue weighted by Crippen LogP contribution is -2.14. The van der Waals surface area contributed by atoms with Crippen LogP contribution in [0.5, 0.6) is 0 Å². The van der Waals surface area contributed by atoms with Gasteiger partial charge in [0.2, 0.25) is 0 Å². The van der Waals surface area contributed by atoms with E-state index in [0.717, 1.165) is 12.5 Å². The lowest BCUT2D eigenvalue weighted by molar-refractivity contribution is 0.528. The molecule has 1 nitrogen and oxygen atoms in total. The third kappa shape index (κ3) is 32.5. The minimum atomic E-state index is 0.838. The minimum Gasteiger partial charge on any atom is -0.319 e. The summed E-state index contributed by atoms with van der Waals surface area (Å²) in [6, 6.07) is 0. The van der Waals surface area contributed by atoms with Gasteiger partial charge in [-0.3, -0.25) is 0 Å². The Morgan fingerprint density at radius 1 is 1.08 bits per heavy atom. The summed E-state index contributed by atoms with van der Waals surface area (Å²) in [5, 5.41) is 3.12. The standard InChI is InChI=1S/C6H15N.C3H8.C2H6/c1-4-6(2)5-7-3;1-3-2;1-2/h6-7H,4-5H2,1-3H3;3H2,1-2H3;1-2H3. The average Bonchev–Trinajstić information content (AvgIpc) is 2.10. The topological polar surface area (TPSA) is 12.0 Å². The summed E-state index contributed by atoms with van der Waals surface area (Å²) in [6.45, 7) is 13.9. The SMILES string of the molecule is CC.CCC.CCC(C)CNC. The van der Waals surface area contributed by atoms with Gasteiger partial charge in [0.25, 0.3) is 0 Å². The first-order valence-electron chi connectivity index (χ1n) is 5.37. The molecule has 1 unspecified atom stereocenters. The zero-order valence-corrected chi connectivity index (χ0v) is 10.2. The van der Waals surface area contributed by atoms with Crippen LogP contribution in [0.25, 0.3) is 0 Å². The van der Waals surface area contributed by atoms with Gasteiger partial charge in [-0.15, -0.1) is 0 Å². The molecule has 0 saturated heterocycles. The quantitative estimate of drug-likeness (QED) is 0.690. The molecule has 1 N–H and O–H groups in total. The second-order valence-electron chi connectivity index (χ2n) is 2.78. The highest BCUT2D eigenvalue weighted by Gasteiger charge is 1.91. The number of nitrogens with one attached hydrogen (secondary N) is 1. The van der Waals surface area contributed by atoms with E-state index >= 15 is 0 Å². The van der Waals surface area contributed by atoms with Crippen LogP contribution in [0.4, 0.5) is 0 Å². The first kappa shape index (κ1) is 17.9. The van der Waals surface area contributed by atoms with Crippen LogP contribution in [0.3, 0.4) is 0 Å². The molecule has 0 rings (SSSR count). The van der Waals surface area contributed by atoms with Crippen LogP contribution in [0, 0.1) is 5.92 Å². The van der Waals surface area contributed by atoms with Gasteiger partial charge in [0.15, 0.2) is 0 Å². The summed E-state index contributed by atoms with van der Waals surface area (Å²) in [5.74, 6) is 0.838. The predicted molar refractivity (Wildman–Crippen MR) is 60.7 cm³/mol. The van der Waals surface area contributed by atoms with Gasteiger partial charge >= 0.3 is 0 Å². The smallest absolute Gasteiger partial charge is 0.00263 e. The van der Waals surface area contributed by atoms with Crippen molar-refractivity contribution in [1.29, 1.82) is 0 Å². The van der Waals surface area contributed by atoms with E-state index in [-0.39, 0.29) is 0 Å². The Hall–Kier alpha value is -0.0400. The summed E-state index contributed by atoms with van der Waals surface area (Å²) in [4.78, 5) is 0. The van der Waals surface area contributed by atoms with E-state index in [1.165, 1.54) is 12.8 Å². The fourth-order valence-corrected chi connectivity index (χ4v) is 0.493. The molecule has 1 atom stereocenters.